The molecule has 3 aromatic carbocycles. The van der Waals surface area contributed by atoms with Crippen LogP contribution in [0.1, 0.15) is 11.1 Å². The second-order valence-electron chi connectivity index (χ2n) is 7.02. The monoisotopic (exact) mass is 428 g/mol. The first kappa shape index (κ1) is 19.8. The van der Waals surface area contributed by atoms with Gasteiger partial charge < -0.3 is 10.4 Å². The van der Waals surface area contributed by atoms with Crippen LogP contribution in [-0.4, -0.2) is 26.6 Å². The molecule has 1 aliphatic heterocycles. The molecule has 0 aromatic heterocycles. The molecule has 3 N–H and O–H groups in total. The minimum absolute atomic E-state index is 0.0630. The summed E-state index contributed by atoms with van der Waals surface area (Å²) in [7, 11) is -3.82. The number of hydrogen-bond donors (Lipinski definition) is 3. The van der Waals surface area contributed by atoms with Crippen LogP contribution in [0.15, 0.2) is 65.6 Å². The van der Waals surface area contributed by atoms with Crippen molar-refractivity contribution in [2.75, 3.05) is 17.8 Å². The lowest BCUT2D eigenvalue weighted by atomic mass is 10.0. The molecule has 0 fully saturated rings. The Balaban J connectivity index is 1.59. The van der Waals surface area contributed by atoms with Crippen LogP contribution in [0.25, 0.3) is 11.1 Å². The Kier molecular flexibility index (Phi) is 5.50. The predicted molar refractivity (Wildman–Crippen MR) is 116 cm³/mol. The number of nitrogens with one attached hydrogen (secondary N) is 2. The molecule has 29 heavy (non-hydrogen) atoms. The molecule has 0 bridgehead atoms. The van der Waals surface area contributed by atoms with Gasteiger partial charge in [-0.2, -0.15) is 0 Å². The van der Waals surface area contributed by atoms with Gasteiger partial charge in [0.1, 0.15) is 5.75 Å². The zero-order chi connectivity index (χ0) is 20.4. The summed E-state index contributed by atoms with van der Waals surface area (Å²) >= 11 is 5.92. The molecule has 4 rings (SSSR count). The highest BCUT2D eigenvalue weighted by atomic mass is 35.5. The van der Waals surface area contributed by atoms with Crippen molar-refractivity contribution in [3.63, 3.8) is 0 Å². The first-order valence-electron chi connectivity index (χ1n) is 9.37. The average Bonchev–Trinajstić information content (AvgIpc) is 2.94. The Hall–Kier alpha value is -2.54. The minimum Gasteiger partial charge on any atom is -0.506 e. The molecule has 3 aromatic rings. The fourth-order valence-corrected chi connectivity index (χ4v) is 4.66. The molecule has 0 saturated carbocycles. The molecule has 0 saturated heterocycles. The Labute approximate surface area is 175 Å². The van der Waals surface area contributed by atoms with Gasteiger partial charge in [0.05, 0.1) is 10.6 Å². The van der Waals surface area contributed by atoms with Gasteiger partial charge in [0.25, 0.3) is 10.0 Å². The smallest absolute Gasteiger partial charge is 0.262 e. The second-order valence-corrected chi connectivity index (χ2v) is 9.14. The van der Waals surface area contributed by atoms with E-state index >= 15 is 0 Å². The third kappa shape index (κ3) is 4.40. The lowest BCUT2D eigenvalue weighted by Crippen LogP contribution is -2.16. The van der Waals surface area contributed by atoms with E-state index in [4.69, 9.17) is 11.6 Å². The van der Waals surface area contributed by atoms with Crippen molar-refractivity contribution in [2.45, 2.75) is 17.7 Å². The zero-order valence-electron chi connectivity index (χ0n) is 15.7. The molecule has 0 spiro atoms. The molecule has 0 atom stereocenters. The summed E-state index contributed by atoms with van der Waals surface area (Å²) in [4.78, 5) is 0.131. The van der Waals surface area contributed by atoms with Crippen LogP contribution in [0.4, 0.5) is 5.69 Å². The fraction of sp³-hybridized carbons (Fsp3) is 0.182. The number of halogens is 1. The van der Waals surface area contributed by atoms with Crippen molar-refractivity contribution in [1.82, 2.24) is 5.32 Å². The van der Waals surface area contributed by atoms with Crippen molar-refractivity contribution in [2.24, 2.45) is 0 Å². The van der Waals surface area contributed by atoms with E-state index in [1.165, 1.54) is 0 Å². The Bertz CT molecular complexity index is 1130. The van der Waals surface area contributed by atoms with Gasteiger partial charge in [0.2, 0.25) is 0 Å². The number of phenolic OH excluding ortho intramolecular Hbond substituents is 1. The molecular weight excluding hydrogens is 408 g/mol. The van der Waals surface area contributed by atoms with E-state index in [1.54, 1.807) is 48.5 Å². The summed E-state index contributed by atoms with van der Waals surface area (Å²) in [6.45, 7) is 1.67. The number of hydrogen-bond acceptors (Lipinski definition) is 4. The zero-order valence-corrected chi connectivity index (χ0v) is 17.2. The number of phenols is 1. The summed E-state index contributed by atoms with van der Waals surface area (Å²) in [6.07, 6.45) is 1.60. The SMILES string of the molecule is O=S(=O)(Nc1cc2c(cc1O)CCNCC2)c1ccc(-c2ccc(Cl)cc2)cc1. The van der Waals surface area contributed by atoms with Gasteiger partial charge in [-0.15, -0.1) is 0 Å². The number of anilines is 1. The quantitative estimate of drug-likeness (QED) is 0.544. The van der Waals surface area contributed by atoms with Gasteiger partial charge in [-0.25, -0.2) is 8.42 Å². The van der Waals surface area contributed by atoms with Gasteiger partial charge in [-0.1, -0.05) is 35.9 Å². The van der Waals surface area contributed by atoms with Gasteiger partial charge >= 0.3 is 0 Å². The molecule has 7 heteroatoms. The predicted octanol–water partition coefficient (Wildman–Crippen LogP) is 4.20. The molecule has 150 valence electrons. The highest BCUT2D eigenvalue weighted by molar-refractivity contribution is 7.92. The first-order valence-corrected chi connectivity index (χ1v) is 11.2. The van der Waals surface area contributed by atoms with Crippen molar-refractivity contribution in [3.8, 4) is 16.9 Å². The minimum atomic E-state index is -3.82. The van der Waals surface area contributed by atoms with Crippen molar-refractivity contribution in [1.29, 1.82) is 0 Å². The number of fused-ring (bicyclic) bond motifs is 1. The molecular formula is C22H21ClN2O3S. The van der Waals surface area contributed by atoms with E-state index in [-0.39, 0.29) is 16.3 Å². The average molecular weight is 429 g/mol. The Morgan fingerprint density at radius 2 is 1.41 bits per heavy atom. The number of sulfonamides is 1. The van der Waals surface area contributed by atoms with Crippen LogP contribution >= 0.6 is 11.6 Å². The summed E-state index contributed by atoms with van der Waals surface area (Å²) in [5.74, 6) is -0.0630. The topological polar surface area (TPSA) is 78.4 Å². The van der Waals surface area contributed by atoms with Crippen LogP contribution in [0.5, 0.6) is 5.75 Å². The van der Waals surface area contributed by atoms with Crippen molar-refractivity contribution < 1.29 is 13.5 Å². The number of benzene rings is 3. The lowest BCUT2D eigenvalue weighted by molar-refractivity contribution is 0.476. The maximum absolute atomic E-state index is 12.8. The molecule has 1 aliphatic rings. The van der Waals surface area contributed by atoms with Crippen molar-refractivity contribution in [3.05, 3.63) is 76.8 Å². The van der Waals surface area contributed by atoms with E-state index in [9.17, 15) is 13.5 Å². The van der Waals surface area contributed by atoms with Crippen LogP contribution in [0.2, 0.25) is 5.02 Å². The van der Waals surface area contributed by atoms with Gasteiger partial charge in [-0.3, -0.25) is 4.72 Å². The molecule has 0 amide bonds. The highest BCUT2D eigenvalue weighted by Crippen LogP contribution is 2.31. The highest BCUT2D eigenvalue weighted by Gasteiger charge is 2.19. The third-order valence-electron chi connectivity index (χ3n) is 5.05. The van der Waals surface area contributed by atoms with Crippen LogP contribution < -0.4 is 10.0 Å². The summed E-state index contributed by atoms with van der Waals surface area (Å²) in [5.41, 5.74) is 4.13. The summed E-state index contributed by atoms with van der Waals surface area (Å²) in [5, 5.41) is 14.3. The maximum atomic E-state index is 12.8. The number of aromatic hydroxyl groups is 1. The Morgan fingerprint density at radius 1 is 0.862 bits per heavy atom. The molecule has 0 aliphatic carbocycles. The van der Waals surface area contributed by atoms with Crippen LogP contribution in [-0.2, 0) is 22.9 Å². The first-order chi connectivity index (χ1) is 13.9. The maximum Gasteiger partial charge on any atom is 0.262 e. The number of rotatable bonds is 4. The van der Waals surface area contributed by atoms with E-state index in [1.807, 2.05) is 12.1 Å². The van der Waals surface area contributed by atoms with E-state index < -0.39 is 10.0 Å². The van der Waals surface area contributed by atoms with Crippen LogP contribution in [0.3, 0.4) is 0 Å². The summed E-state index contributed by atoms with van der Waals surface area (Å²) < 4.78 is 28.2. The van der Waals surface area contributed by atoms with Crippen molar-refractivity contribution >= 4 is 27.3 Å². The van der Waals surface area contributed by atoms with E-state index in [0.29, 0.717) is 5.02 Å². The van der Waals surface area contributed by atoms with E-state index in [0.717, 1.165) is 48.2 Å². The third-order valence-corrected chi connectivity index (χ3v) is 6.68. The van der Waals surface area contributed by atoms with Gasteiger partial charge in [-0.05, 0) is 84.6 Å². The van der Waals surface area contributed by atoms with Gasteiger partial charge in [0, 0.05) is 5.02 Å². The molecule has 1 heterocycles. The Morgan fingerprint density at radius 3 is 2.03 bits per heavy atom. The standard InChI is InChI=1S/C22H21ClN2O3S/c23-19-5-1-15(2-6-19)16-3-7-20(8-4-16)29(27,28)25-21-13-17-9-11-24-12-10-18(17)14-22(21)26/h1-8,13-14,24-26H,9-12H2. The molecule has 0 radical (unpaired) electrons. The molecule has 5 nitrogen and oxygen atoms in total. The summed E-state index contributed by atoms with van der Waals surface area (Å²) in [6, 6.07) is 17.3. The lowest BCUT2D eigenvalue weighted by Gasteiger charge is -2.14. The molecule has 0 unspecified atom stereocenters. The largest absolute Gasteiger partial charge is 0.506 e. The normalized spacial score (nSPS) is 14.1. The van der Waals surface area contributed by atoms with E-state index in [2.05, 4.69) is 10.0 Å². The van der Waals surface area contributed by atoms with Crippen LogP contribution in [0, 0.1) is 0 Å². The second kappa shape index (κ2) is 8.06. The van der Waals surface area contributed by atoms with Gasteiger partial charge in [0.15, 0.2) is 0 Å². The fourth-order valence-electron chi connectivity index (χ4n) is 3.47.